The largest absolute Gasteiger partial charge is 0.452 e. The lowest BCUT2D eigenvalue weighted by atomic mass is 10.1. The van der Waals surface area contributed by atoms with Crippen molar-refractivity contribution in [3.05, 3.63) is 65.2 Å². The number of amides is 2. The van der Waals surface area contributed by atoms with Crippen molar-refractivity contribution in [2.24, 2.45) is 5.92 Å². The zero-order valence-electron chi connectivity index (χ0n) is 15.4. The van der Waals surface area contributed by atoms with Crippen molar-refractivity contribution in [3.8, 4) is 0 Å². The van der Waals surface area contributed by atoms with E-state index in [9.17, 15) is 23.2 Å². The number of carbonyl (C=O) groups excluding carboxylic acids is 3. The van der Waals surface area contributed by atoms with Gasteiger partial charge in [-0.15, -0.1) is 0 Å². The van der Waals surface area contributed by atoms with Gasteiger partial charge in [0.05, 0.1) is 16.8 Å². The van der Waals surface area contributed by atoms with Gasteiger partial charge in [0.25, 0.3) is 11.8 Å². The van der Waals surface area contributed by atoms with E-state index in [0.29, 0.717) is 12.6 Å². The fourth-order valence-corrected chi connectivity index (χ4v) is 2.21. The van der Waals surface area contributed by atoms with Crippen molar-refractivity contribution < 1.29 is 27.9 Å². The van der Waals surface area contributed by atoms with Gasteiger partial charge in [0.1, 0.15) is 0 Å². The SMILES string of the molecule is CC(C)CNC(=O)c1ccccc1NC(=O)COC(=O)c1ccc(F)c(F)c1. The highest BCUT2D eigenvalue weighted by Crippen LogP contribution is 2.15. The third-order valence-electron chi connectivity index (χ3n) is 3.61. The molecule has 0 atom stereocenters. The molecule has 0 bridgehead atoms. The maximum Gasteiger partial charge on any atom is 0.338 e. The Hall–Kier alpha value is -3.29. The molecule has 0 aliphatic rings. The highest BCUT2D eigenvalue weighted by atomic mass is 19.2. The second-order valence-electron chi connectivity index (χ2n) is 6.40. The first-order chi connectivity index (χ1) is 13.3. The molecule has 0 radical (unpaired) electrons. The Balaban J connectivity index is 1.96. The van der Waals surface area contributed by atoms with Gasteiger partial charge in [-0.3, -0.25) is 9.59 Å². The third-order valence-corrected chi connectivity index (χ3v) is 3.61. The zero-order chi connectivity index (χ0) is 20.7. The van der Waals surface area contributed by atoms with Crippen LogP contribution in [0.25, 0.3) is 0 Å². The molecule has 0 aliphatic heterocycles. The first-order valence-electron chi connectivity index (χ1n) is 8.57. The molecule has 0 spiro atoms. The number of hydrogen-bond donors (Lipinski definition) is 2. The number of anilines is 1. The van der Waals surface area contributed by atoms with Gasteiger partial charge in [-0.1, -0.05) is 26.0 Å². The van der Waals surface area contributed by atoms with E-state index in [1.807, 2.05) is 13.8 Å². The van der Waals surface area contributed by atoms with E-state index in [-0.39, 0.29) is 28.6 Å². The maximum absolute atomic E-state index is 13.2. The van der Waals surface area contributed by atoms with Crippen LogP contribution in [0.4, 0.5) is 14.5 Å². The van der Waals surface area contributed by atoms with Crippen LogP contribution in [0.15, 0.2) is 42.5 Å². The number of para-hydroxylation sites is 1. The van der Waals surface area contributed by atoms with Gasteiger partial charge in [0.15, 0.2) is 18.2 Å². The predicted octanol–water partition coefficient (Wildman–Crippen LogP) is 3.15. The smallest absolute Gasteiger partial charge is 0.338 e. The zero-order valence-corrected chi connectivity index (χ0v) is 15.4. The first-order valence-corrected chi connectivity index (χ1v) is 8.57. The summed E-state index contributed by atoms with van der Waals surface area (Å²) in [6, 6.07) is 8.91. The second kappa shape index (κ2) is 9.59. The summed E-state index contributed by atoms with van der Waals surface area (Å²) in [5, 5.41) is 5.25. The topological polar surface area (TPSA) is 84.5 Å². The lowest BCUT2D eigenvalue weighted by Crippen LogP contribution is -2.29. The lowest BCUT2D eigenvalue weighted by molar-refractivity contribution is -0.119. The van der Waals surface area contributed by atoms with Gasteiger partial charge in [-0.05, 0) is 36.2 Å². The van der Waals surface area contributed by atoms with Crippen LogP contribution < -0.4 is 10.6 Å². The average Bonchev–Trinajstić information content (AvgIpc) is 2.66. The van der Waals surface area contributed by atoms with Crippen LogP contribution in [0.2, 0.25) is 0 Å². The summed E-state index contributed by atoms with van der Waals surface area (Å²) < 4.78 is 30.9. The molecule has 0 fully saturated rings. The van der Waals surface area contributed by atoms with E-state index in [0.717, 1.165) is 12.1 Å². The van der Waals surface area contributed by atoms with Crippen LogP contribution in [0, 0.1) is 17.6 Å². The standard InChI is InChI=1S/C20H20F2N2O4/c1-12(2)10-23-19(26)14-5-3-4-6-17(14)24-18(25)11-28-20(27)13-7-8-15(21)16(22)9-13/h3-9,12H,10-11H2,1-2H3,(H,23,26)(H,24,25). The third kappa shape index (κ3) is 5.87. The van der Waals surface area contributed by atoms with Crippen LogP contribution in [-0.2, 0) is 9.53 Å². The molecule has 0 aliphatic carbocycles. The van der Waals surface area contributed by atoms with E-state index in [4.69, 9.17) is 4.74 Å². The minimum atomic E-state index is -1.19. The lowest BCUT2D eigenvalue weighted by Gasteiger charge is -2.12. The molecule has 6 nitrogen and oxygen atoms in total. The van der Waals surface area contributed by atoms with E-state index in [2.05, 4.69) is 10.6 Å². The van der Waals surface area contributed by atoms with Gasteiger partial charge < -0.3 is 15.4 Å². The van der Waals surface area contributed by atoms with E-state index < -0.39 is 30.1 Å². The van der Waals surface area contributed by atoms with Crippen molar-refractivity contribution in [1.29, 1.82) is 0 Å². The number of carbonyl (C=O) groups is 3. The van der Waals surface area contributed by atoms with Gasteiger partial charge >= 0.3 is 5.97 Å². The van der Waals surface area contributed by atoms with Crippen molar-refractivity contribution in [1.82, 2.24) is 5.32 Å². The number of hydrogen-bond acceptors (Lipinski definition) is 4. The Labute approximate surface area is 160 Å². The van der Waals surface area contributed by atoms with Crippen molar-refractivity contribution in [2.45, 2.75) is 13.8 Å². The molecule has 2 amide bonds. The van der Waals surface area contributed by atoms with Crippen LogP contribution >= 0.6 is 0 Å². The van der Waals surface area contributed by atoms with Crippen LogP contribution in [0.5, 0.6) is 0 Å². The minimum absolute atomic E-state index is 0.222. The van der Waals surface area contributed by atoms with Gasteiger partial charge in [-0.2, -0.15) is 0 Å². The molecule has 8 heteroatoms. The fraction of sp³-hybridized carbons (Fsp3) is 0.250. The summed E-state index contributed by atoms with van der Waals surface area (Å²) in [4.78, 5) is 36.1. The predicted molar refractivity (Wildman–Crippen MR) is 98.9 cm³/mol. The number of ether oxygens (including phenoxy) is 1. The molecule has 28 heavy (non-hydrogen) atoms. The minimum Gasteiger partial charge on any atom is -0.452 e. The second-order valence-corrected chi connectivity index (χ2v) is 6.40. The molecule has 0 saturated heterocycles. The van der Waals surface area contributed by atoms with E-state index in [1.54, 1.807) is 24.3 Å². The molecular weight excluding hydrogens is 370 g/mol. The molecule has 0 unspecified atom stereocenters. The number of nitrogens with one attached hydrogen (secondary N) is 2. The summed E-state index contributed by atoms with van der Waals surface area (Å²) in [5.74, 6) is -4.02. The highest BCUT2D eigenvalue weighted by molar-refractivity contribution is 6.04. The number of benzene rings is 2. The molecule has 0 saturated carbocycles. The maximum atomic E-state index is 13.2. The highest BCUT2D eigenvalue weighted by Gasteiger charge is 2.16. The number of esters is 1. The van der Waals surface area contributed by atoms with Crippen molar-refractivity contribution >= 4 is 23.5 Å². The molecule has 0 aromatic heterocycles. The molecule has 148 valence electrons. The van der Waals surface area contributed by atoms with E-state index >= 15 is 0 Å². The normalized spacial score (nSPS) is 10.5. The monoisotopic (exact) mass is 390 g/mol. The average molecular weight is 390 g/mol. The first kappa shape index (κ1) is 21.0. The van der Waals surface area contributed by atoms with E-state index in [1.165, 1.54) is 0 Å². The van der Waals surface area contributed by atoms with Gasteiger partial charge in [0, 0.05) is 6.54 Å². The Morgan fingerprint density at radius 3 is 2.43 bits per heavy atom. The Morgan fingerprint density at radius 2 is 1.75 bits per heavy atom. The van der Waals surface area contributed by atoms with Crippen LogP contribution in [-0.4, -0.2) is 30.9 Å². The molecular formula is C20H20F2N2O4. The Morgan fingerprint density at radius 1 is 1.04 bits per heavy atom. The number of halogens is 2. The van der Waals surface area contributed by atoms with Crippen molar-refractivity contribution in [2.75, 3.05) is 18.5 Å². The molecule has 2 rings (SSSR count). The molecule has 2 aromatic rings. The Kier molecular flexibility index (Phi) is 7.20. The summed E-state index contributed by atoms with van der Waals surface area (Å²) in [6.45, 7) is 3.73. The van der Waals surface area contributed by atoms with Crippen molar-refractivity contribution in [3.63, 3.8) is 0 Å². The molecule has 2 N–H and O–H groups in total. The quantitative estimate of drug-likeness (QED) is 0.712. The Bertz CT molecular complexity index is 884. The summed E-state index contributed by atoms with van der Waals surface area (Å²) in [7, 11) is 0. The van der Waals surface area contributed by atoms with Crippen LogP contribution in [0.3, 0.4) is 0 Å². The summed E-state index contributed by atoms with van der Waals surface area (Å²) in [5.41, 5.74) is 0.307. The fourth-order valence-electron chi connectivity index (χ4n) is 2.21. The summed E-state index contributed by atoms with van der Waals surface area (Å²) >= 11 is 0. The number of rotatable bonds is 7. The van der Waals surface area contributed by atoms with Gasteiger partial charge in [0.2, 0.25) is 0 Å². The molecule has 0 heterocycles. The molecule has 2 aromatic carbocycles. The van der Waals surface area contributed by atoms with Gasteiger partial charge in [-0.25, -0.2) is 13.6 Å². The summed E-state index contributed by atoms with van der Waals surface area (Å²) in [6.07, 6.45) is 0. The van der Waals surface area contributed by atoms with Crippen LogP contribution in [0.1, 0.15) is 34.6 Å².